The van der Waals surface area contributed by atoms with Crippen LogP contribution in [0.3, 0.4) is 0 Å². The number of rotatable bonds is 7. The minimum Gasteiger partial charge on any atom is -0.480 e. The summed E-state index contributed by atoms with van der Waals surface area (Å²) < 4.78 is 29.8. The van der Waals surface area contributed by atoms with Crippen LogP contribution in [0.25, 0.3) is 0 Å². The maximum atomic E-state index is 13.4. The molecule has 1 saturated heterocycles. The van der Waals surface area contributed by atoms with Gasteiger partial charge in [0.25, 0.3) is 0 Å². The molecule has 12 atom stereocenters. The van der Waals surface area contributed by atoms with Gasteiger partial charge in [0.1, 0.15) is 42.3 Å². The number of aliphatic hydroxyl groups excluding tert-OH is 1. The van der Waals surface area contributed by atoms with Crippen LogP contribution in [-0.4, -0.2) is 95.1 Å². The SMILES string of the molecule is CO[C@H]1C[C@H]2C=C[C@H]3[C@H]4O[C@]2(/C(C)=C/[C@@H](C)[C@@H]([C@@H](C)OC(=O)NCC(=O)O)OC1=O)[C@@H]3[C@H](O)[C@@H](C)[C@H]4OC(=O)c1ccc[nH]1. The molecule has 44 heavy (non-hydrogen) atoms. The summed E-state index contributed by atoms with van der Waals surface area (Å²) in [7, 11) is 1.40. The standard InChI is InChI=1S/C31H40N2O11/c1-14-11-15(2)31-18(12-21(40-5)29(38)42-25(14)17(4)41-30(39)33-13-22(34)35)8-9-19-23(31)24(36)16(3)26(27(19)44-31)43-28(37)20-7-6-10-32-20/h6-11,14,16-19,21,23-27,32,36H,12-13H2,1-5H3,(H,33,39)(H,34,35)/b15-11+/t14-,16-,17-,18-,19-,21+,23+,24-,25+,26-,27-,31+/m1/s1. The molecule has 13 heteroatoms. The van der Waals surface area contributed by atoms with Crippen molar-refractivity contribution in [1.82, 2.24) is 10.3 Å². The number of hydrogen-bond donors (Lipinski definition) is 4. The molecule has 4 aliphatic rings. The number of cyclic esters (lactones) is 1. The number of methoxy groups -OCH3 is 1. The minimum absolute atomic E-state index is 0.177. The number of carbonyl (C=O) groups is 4. The summed E-state index contributed by atoms with van der Waals surface area (Å²) >= 11 is 0. The Morgan fingerprint density at radius 3 is 2.66 bits per heavy atom. The molecule has 1 aromatic rings. The maximum Gasteiger partial charge on any atom is 0.408 e. The van der Waals surface area contributed by atoms with E-state index in [4.69, 9.17) is 28.8 Å². The van der Waals surface area contributed by atoms with Crippen LogP contribution < -0.4 is 5.32 Å². The molecule has 0 unspecified atom stereocenters. The van der Waals surface area contributed by atoms with Crippen LogP contribution in [0.15, 0.2) is 42.1 Å². The van der Waals surface area contributed by atoms with Crippen LogP contribution in [0, 0.1) is 29.6 Å². The number of aliphatic hydroxyl groups is 1. The van der Waals surface area contributed by atoms with Gasteiger partial charge in [0.15, 0.2) is 6.10 Å². The average Bonchev–Trinajstić information content (AvgIpc) is 3.58. The number of aliphatic carboxylic acids is 1. The van der Waals surface area contributed by atoms with E-state index in [1.165, 1.54) is 7.11 Å². The molecule has 0 radical (unpaired) electrons. The maximum absolute atomic E-state index is 13.4. The smallest absolute Gasteiger partial charge is 0.408 e. The number of carbonyl (C=O) groups excluding carboxylic acids is 3. The van der Waals surface area contributed by atoms with E-state index >= 15 is 0 Å². The van der Waals surface area contributed by atoms with Crippen molar-refractivity contribution in [1.29, 1.82) is 0 Å². The number of carboxylic acids is 1. The molecule has 4 bridgehead atoms. The van der Waals surface area contributed by atoms with Crippen LogP contribution in [0.1, 0.15) is 44.6 Å². The Labute approximate surface area is 254 Å². The largest absolute Gasteiger partial charge is 0.480 e. The first-order valence-electron chi connectivity index (χ1n) is 14.9. The van der Waals surface area contributed by atoms with Crippen molar-refractivity contribution in [3.63, 3.8) is 0 Å². The lowest BCUT2D eigenvalue weighted by Crippen LogP contribution is -2.57. The second kappa shape index (κ2) is 12.4. The number of hydrogen-bond acceptors (Lipinski definition) is 10. The van der Waals surface area contributed by atoms with Crippen molar-refractivity contribution in [2.75, 3.05) is 13.7 Å². The predicted molar refractivity (Wildman–Crippen MR) is 152 cm³/mol. The summed E-state index contributed by atoms with van der Waals surface area (Å²) in [6, 6.07) is 3.32. The molecule has 1 amide bonds. The zero-order valence-corrected chi connectivity index (χ0v) is 25.3. The summed E-state index contributed by atoms with van der Waals surface area (Å²) in [5, 5.41) is 22.8. The molecule has 2 fully saturated rings. The fourth-order valence-corrected chi connectivity index (χ4v) is 7.56. The molecular formula is C31H40N2O11. The first-order chi connectivity index (χ1) is 20.9. The van der Waals surface area contributed by atoms with Crippen molar-refractivity contribution < 1.29 is 53.1 Å². The molecule has 2 aliphatic carbocycles. The van der Waals surface area contributed by atoms with Gasteiger partial charge in [-0.15, -0.1) is 0 Å². The third kappa shape index (κ3) is 5.52. The van der Waals surface area contributed by atoms with Crippen LogP contribution in [-0.2, 0) is 33.3 Å². The number of esters is 2. The fourth-order valence-electron chi connectivity index (χ4n) is 7.56. The summed E-state index contributed by atoms with van der Waals surface area (Å²) in [6.45, 7) is 6.49. The van der Waals surface area contributed by atoms with E-state index in [0.717, 1.165) is 5.57 Å². The van der Waals surface area contributed by atoms with Gasteiger partial charge in [-0.1, -0.05) is 32.1 Å². The Hall–Kier alpha value is -3.68. The summed E-state index contributed by atoms with van der Waals surface area (Å²) in [6.07, 6.45) is 1.62. The molecule has 1 spiro atoms. The third-order valence-electron chi connectivity index (χ3n) is 9.60. The van der Waals surface area contributed by atoms with E-state index in [1.807, 2.05) is 39.0 Å². The van der Waals surface area contributed by atoms with E-state index < -0.39 is 90.5 Å². The van der Waals surface area contributed by atoms with Crippen molar-refractivity contribution in [2.24, 2.45) is 29.6 Å². The van der Waals surface area contributed by atoms with Crippen LogP contribution in [0.2, 0.25) is 0 Å². The predicted octanol–water partition coefficient (Wildman–Crippen LogP) is 2.22. The molecule has 3 heterocycles. The number of ether oxygens (including phenoxy) is 5. The van der Waals surface area contributed by atoms with E-state index in [0.29, 0.717) is 5.69 Å². The topological polar surface area (TPSA) is 183 Å². The summed E-state index contributed by atoms with van der Waals surface area (Å²) in [5.74, 6) is -4.43. The highest BCUT2D eigenvalue weighted by molar-refractivity contribution is 5.87. The Bertz CT molecular complexity index is 1330. The molecular weight excluding hydrogens is 576 g/mol. The van der Waals surface area contributed by atoms with E-state index in [-0.39, 0.29) is 18.3 Å². The van der Waals surface area contributed by atoms with Crippen LogP contribution in [0.4, 0.5) is 4.79 Å². The van der Waals surface area contributed by atoms with Gasteiger partial charge in [-0.2, -0.15) is 0 Å². The average molecular weight is 617 g/mol. The van der Waals surface area contributed by atoms with Gasteiger partial charge in [-0.3, -0.25) is 4.79 Å². The van der Waals surface area contributed by atoms with Gasteiger partial charge >= 0.3 is 24.0 Å². The quantitative estimate of drug-likeness (QED) is 0.200. The highest BCUT2D eigenvalue weighted by Crippen LogP contribution is 2.61. The van der Waals surface area contributed by atoms with Crippen molar-refractivity contribution in [3.05, 3.63) is 47.8 Å². The molecule has 2 aliphatic heterocycles. The second-order valence-corrected chi connectivity index (χ2v) is 12.2. The number of nitrogens with one attached hydrogen (secondary N) is 2. The first-order valence-corrected chi connectivity index (χ1v) is 14.9. The summed E-state index contributed by atoms with van der Waals surface area (Å²) in [5.41, 5.74) is 0.0341. The summed E-state index contributed by atoms with van der Waals surface area (Å²) in [4.78, 5) is 52.4. The zero-order chi connectivity index (χ0) is 31.9. The molecule has 0 aromatic carbocycles. The number of carboxylic acid groups (broad SMARTS) is 1. The van der Waals surface area contributed by atoms with Gasteiger partial charge < -0.3 is 44.2 Å². The molecule has 4 N–H and O–H groups in total. The van der Waals surface area contributed by atoms with Gasteiger partial charge in [-0.25, -0.2) is 14.4 Å². The highest BCUT2D eigenvalue weighted by atomic mass is 16.6. The van der Waals surface area contributed by atoms with Gasteiger partial charge in [0.2, 0.25) is 0 Å². The Kier molecular flexibility index (Phi) is 8.92. The van der Waals surface area contributed by atoms with E-state index in [1.54, 1.807) is 25.3 Å². The number of aromatic amines is 1. The van der Waals surface area contributed by atoms with Crippen molar-refractivity contribution >= 4 is 24.0 Å². The Balaban J connectivity index is 1.50. The lowest BCUT2D eigenvalue weighted by atomic mass is 9.57. The minimum atomic E-state index is -1.23. The molecule has 1 aromatic heterocycles. The lowest BCUT2D eigenvalue weighted by Gasteiger charge is -2.48. The van der Waals surface area contributed by atoms with Crippen LogP contribution in [0.5, 0.6) is 0 Å². The normalized spacial score (nSPS) is 39.6. The Morgan fingerprint density at radius 2 is 2.00 bits per heavy atom. The number of alkyl carbamates (subject to hydrolysis) is 1. The van der Waals surface area contributed by atoms with Crippen molar-refractivity contribution in [3.8, 4) is 0 Å². The Morgan fingerprint density at radius 1 is 1.25 bits per heavy atom. The van der Waals surface area contributed by atoms with Gasteiger partial charge in [-0.05, 0) is 38.0 Å². The molecule has 1 saturated carbocycles. The number of aromatic nitrogens is 1. The van der Waals surface area contributed by atoms with E-state index in [2.05, 4.69) is 10.3 Å². The number of amides is 1. The van der Waals surface area contributed by atoms with E-state index in [9.17, 15) is 24.3 Å². The first kappa shape index (κ1) is 31.7. The van der Waals surface area contributed by atoms with Crippen LogP contribution >= 0.6 is 0 Å². The highest BCUT2D eigenvalue weighted by Gasteiger charge is 2.69. The third-order valence-corrected chi connectivity index (χ3v) is 9.60. The van der Waals surface area contributed by atoms with Gasteiger partial charge in [0.05, 0.1) is 6.10 Å². The molecule has 5 rings (SSSR count). The monoisotopic (exact) mass is 616 g/mol. The number of H-pyrrole nitrogens is 1. The lowest BCUT2D eigenvalue weighted by molar-refractivity contribution is -0.172. The molecule has 13 nitrogen and oxygen atoms in total. The zero-order valence-electron chi connectivity index (χ0n) is 25.3. The van der Waals surface area contributed by atoms with Gasteiger partial charge in [0, 0.05) is 42.9 Å². The second-order valence-electron chi connectivity index (χ2n) is 12.2. The molecule has 240 valence electrons. The fraction of sp³-hybridized carbons (Fsp3) is 0.613. The van der Waals surface area contributed by atoms with Crippen molar-refractivity contribution in [2.45, 2.75) is 76.3 Å².